The van der Waals surface area contributed by atoms with E-state index in [1.807, 2.05) is 24.3 Å². The van der Waals surface area contributed by atoms with E-state index in [0.29, 0.717) is 6.42 Å². The van der Waals surface area contributed by atoms with Crippen LogP contribution < -0.4 is 16.0 Å². The number of carbonyl (C=O) groups is 4. The van der Waals surface area contributed by atoms with Gasteiger partial charge in [0.1, 0.15) is 12.1 Å². The van der Waals surface area contributed by atoms with E-state index in [4.69, 9.17) is 4.74 Å². The maximum absolute atomic E-state index is 12.3. The van der Waals surface area contributed by atoms with Gasteiger partial charge in [-0.25, -0.2) is 4.79 Å². The largest absolute Gasteiger partial charge is 0.467 e. The first-order valence-corrected chi connectivity index (χ1v) is 8.39. The van der Waals surface area contributed by atoms with Crippen LogP contribution in [0.3, 0.4) is 0 Å². The zero-order valence-electron chi connectivity index (χ0n) is 14.8. The number of rotatable bonds is 2. The number of esters is 1. The molecule has 1 aromatic carbocycles. The van der Waals surface area contributed by atoms with Gasteiger partial charge in [-0.1, -0.05) is 24.3 Å². The molecule has 0 saturated heterocycles. The molecule has 3 N–H and O–H groups in total. The summed E-state index contributed by atoms with van der Waals surface area (Å²) in [4.78, 5) is 47.8. The molecule has 26 heavy (non-hydrogen) atoms. The zero-order chi connectivity index (χ0) is 19.1. The van der Waals surface area contributed by atoms with E-state index in [-0.39, 0.29) is 37.1 Å². The lowest BCUT2D eigenvalue weighted by molar-refractivity contribution is -0.145. The van der Waals surface area contributed by atoms with Gasteiger partial charge in [0.05, 0.1) is 7.11 Å². The van der Waals surface area contributed by atoms with E-state index < -0.39 is 18.1 Å². The highest BCUT2D eigenvalue weighted by molar-refractivity contribution is 5.88. The van der Waals surface area contributed by atoms with Gasteiger partial charge in [0.15, 0.2) is 0 Å². The van der Waals surface area contributed by atoms with Gasteiger partial charge in [-0.05, 0) is 11.1 Å². The molecule has 2 rings (SSSR count). The summed E-state index contributed by atoms with van der Waals surface area (Å²) in [5, 5.41) is 7.91. The van der Waals surface area contributed by atoms with Crippen molar-refractivity contribution in [2.24, 2.45) is 0 Å². The van der Waals surface area contributed by atoms with E-state index >= 15 is 0 Å². The molecule has 1 aromatic rings. The molecule has 140 valence electrons. The summed E-state index contributed by atoms with van der Waals surface area (Å²) < 4.78 is 4.77. The third-order valence-electron chi connectivity index (χ3n) is 4.04. The Morgan fingerprint density at radius 3 is 2.54 bits per heavy atom. The number of nitrogens with one attached hydrogen (secondary N) is 3. The van der Waals surface area contributed by atoms with Gasteiger partial charge in [-0.3, -0.25) is 14.4 Å². The molecule has 1 heterocycles. The van der Waals surface area contributed by atoms with Crippen LogP contribution in [-0.4, -0.2) is 49.4 Å². The van der Waals surface area contributed by atoms with Crippen LogP contribution in [0.5, 0.6) is 0 Å². The zero-order valence-corrected chi connectivity index (χ0v) is 14.8. The van der Waals surface area contributed by atoms with Crippen LogP contribution in [0.1, 0.15) is 24.5 Å². The fraction of sp³-hybridized carbons (Fsp3) is 0.444. The van der Waals surface area contributed by atoms with Crippen molar-refractivity contribution >= 4 is 23.7 Å². The highest BCUT2D eigenvalue weighted by Gasteiger charge is 2.24. The van der Waals surface area contributed by atoms with Gasteiger partial charge in [-0.15, -0.1) is 0 Å². The number of fused-ring (bicyclic) bond motifs is 2. The highest BCUT2D eigenvalue weighted by atomic mass is 16.5. The lowest BCUT2D eigenvalue weighted by Crippen LogP contribution is -2.48. The van der Waals surface area contributed by atoms with Crippen LogP contribution in [0.4, 0.5) is 0 Å². The van der Waals surface area contributed by atoms with Crippen molar-refractivity contribution in [3.05, 3.63) is 35.4 Å². The molecule has 3 amide bonds. The number of hydrogen-bond acceptors (Lipinski definition) is 5. The second kappa shape index (κ2) is 8.98. The molecule has 0 aliphatic carbocycles. The fourth-order valence-corrected chi connectivity index (χ4v) is 2.83. The van der Waals surface area contributed by atoms with E-state index in [2.05, 4.69) is 16.0 Å². The Morgan fingerprint density at radius 2 is 1.88 bits per heavy atom. The van der Waals surface area contributed by atoms with Crippen LogP contribution in [0, 0.1) is 0 Å². The molecule has 0 aromatic heterocycles. The summed E-state index contributed by atoms with van der Waals surface area (Å²) in [5.74, 6) is -1.57. The van der Waals surface area contributed by atoms with Crippen molar-refractivity contribution in [3.8, 4) is 0 Å². The van der Waals surface area contributed by atoms with E-state index in [1.54, 1.807) is 0 Å². The van der Waals surface area contributed by atoms with Crippen LogP contribution in [0.2, 0.25) is 0 Å². The molecule has 0 fully saturated rings. The standard InChI is InChI=1S/C18H23N3O5/c1-11(22)20-14-9-12-4-3-5-13(8-12)10-15(18(25)26-2)21-16(23)6-7-19-17(14)24/h3-5,8,14-15H,6-7,9-10H2,1-2H3,(H,19,24)(H,20,22)(H,21,23)/t14-,15-/m0/s1. The van der Waals surface area contributed by atoms with Crippen LogP contribution in [0.25, 0.3) is 0 Å². The minimum atomic E-state index is -0.801. The molecule has 0 radical (unpaired) electrons. The van der Waals surface area contributed by atoms with Crippen molar-refractivity contribution in [3.63, 3.8) is 0 Å². The molecule has 2 bridgehead atoms. The Balaban J connectivity index is 2.31. The summed E-state index contributed by atoms with van der Waals surface area (Å²) in [6, 6.07) is 5.80. The quantitative estimate of drug-likeness (QED) is 0.612. The maximum atomic E-state index is 12.3. The molecule has 0 saturated carbocycles. The second-order valence-electron chi connectivity index (χ2n) is 6.17. The molecule has 1 aliphatic rings. The third kappa shape index (κ3) is 5.58. The highest BCUT2D eigenvalue weighted by Crippen LogP contribution is 2.12. The smallest absolute Gasteiger partial charge is 0.328 e. The normalized spacial score (nSPS) is 21.2. The first-order valence-electron chi connectivity index (χ1n) is 8.39. The number of carbonyl (C=O) groups excluding carboxylic acids is 4. The Hall–Kier alpha value is -2.90. The Labute approximate surface area is 151 Å². The Morgan fingerprint density at radius 1 is 1.19 bits per heavy atom. The molecule has 1 aliphatic heterocycles. The monoisotopic (exact) mass is 361 g/mol. The van der Waals surface area contributed by atoms with Crippen molar-refractivity contribution in [2.45, 2.75) is 38.3 Å². The fourth-order valence-electron chi connectivity index (χ4n) is 2.83. The summed E-state index contributed by atoms with van der Waals surface area (Å²) >= 11 is 0. The molecule has 0 spiro atoms. The molecule has 0 unspecified atom stereocenters. The van der Waals surface area contributed by atoms with Crippen LogP contribution in [0.15, 0.2) is 24.3 Å². The topological polar surface area (TPSA) is 114 Å². The minimum Gasteiger partial charge on any atom is -0.467 e. The van der Waals surface area contributed by atoms with Gasteiger partial charge >= 0.3 is 5.97 Å². The molecule has 8 heteroatoms. The van der Waals surface area contributed by atoms with Gasteiger partial charge in [0.2, 0.25) is 17.7 Å². The predicted molar refractivity (Wildman–Crippen MR) is 93.0 cm³/mol. The number of hydrogen-bond donors (Lipinski definition) is 3. The van der Waals surface area contributed by atoms with Crippen LogP contribution in [-0.2, 0) is 36.8 Å². The maximum Gasteiger partial charge on any atom is 0.328 e. The van der Waals surface area contributed by atoms with E-state index in [9.17, 15) is 19.2 Å². The Kier molecular flexibility index (Phi) is 6.71. The molecular formula is C18H23N3O5. The number of amides is 3. The number of benzene rings is 1. The van der Waals surface area contributed by atoms with Crippen molar-refractivity contribution in [1.82, 2.24) is 16.0 Å². The lowest BCUT2D eigenvalue weighted by Gasteiger charge is -2.18. The summed E-state index contributed by atoms with van der Waals surface area (Å²) in [5.41, 5.74) is 1.66. The van der Waals surface area contributed by atoms with E-state index in [1.165, 1.54) is 14.0 Å². The summed E-state index contributed by atoms with van der Waals surface area (Å²) in [6.45, 7) is 1.45. The summed E-state index contributed by atoms with van der Waals surface area (Å²) in [7, 11) is 1.27. The second-order valence-corrected chi connectivity index (χ2v) is 6.17. The predicted octanol–water partition coefficient (Wildman–Crippen LogP) is -0.546. The van der Waals surface area contributed by atoms with Gasteiger partial charge in [0, 0.05) is 32.7 Å². The van der Waals surface area contributed by atoms with Crippen molar-refractivity contribution < 1.29 is 23.9 Å². The van der Waals surface area contributed by atoms with Gasteiger partial charge in [-0.2, -0.15) is 0 Å². The summed E-state index contributed by atoms with van der Waals surface area (Å²) in [6.07, 6.45) is 0.603. The lowest BCUT2D eigenvalue weighted by atomic mass is 9.99. The number of ether oxygens (including phenoxy) is 1. The minimum absolute atomic E-state index is 0.0175. The average molecular weight is 361 g/mol. The average Bonchev–Trinajstić information content (AvgIpc) is 2.59. The number of methoxy groups -OCH3 is 1. The molecular weight excluding hydrogens is 338 g/mol. The molecule has 8 nitrogen and oxygen atoms in total. The van der Waals surface area contributed by atoms with Gasteiger partial charge < -0.3 is 20.7 Å². The van der Waals surface area contributed by atoms with Gasteiger partial charge in [0.25, 0.3) is 0 Å². The first-order chi connectivity index (χ1) is 12.4. The first kappa shape index (κ1) is 19.4. The van der Waals surface area contributed by atoms with Crippen molar-refractivity contribution in [1.29, 1.82) is 0 Å². The Bertz CT molecular complexity index is 693. The SMILES string of the molecule is COC(=O)[C@@H]1Cc2cccc(c2)C[C@H](NC(C)=O)C(=O)NCCC(=O)N1. The van der Waals surface area contributed by atoms with E-state index in [0.717, 1.165) is 11.1 Å². The van der Waals surface area contributed by atoms with Crippen LogP contribution >= 0.6 is 0 Å². The molecule has 2 atom stereocenters. The van der Waals surface area contributed by atoms with Crippen molar-refractivity contribution in [2.75, 3.05) is 13.7 Å². The third-order valence-corrected chi connectivity index (χ3v) is 4.04.